The molecule has 0 radical (unpaired) electrons. The van der Waals surface area contributed by atoms with E-state index in [0.29, 0.717) is 0 Å². The Morgan fingerprint density at radius 3 is 2.65 bits per heavy atom. The zero-order valence-corrected chi connectivity index (χ0v) is 11.6. The molecular weight excluding hydrogens is 246 g/mol. The first kappa shape index (κ1) is 12.7. The second-order valence-corrected chi connectivity index (χ2v) is 6.39. The third-order valence-electron chi connectivity index (χ3n) is 2.39. The Hall–Kier alpha value is -0.770. The number of benzene rings is 1. The van der Waals surface area contributed by atoms with Gasteiger partial charge in [0.2, 0.25) is 0 Å². The molecule has 1 aromatic carbocycles. The van der Waals surface area contributed by atoms with E-state index in [2.05, 4.69) is 54.7 Å². The van der Waals surface area contributed by atoms with E-state index >= 15 is 0 Å². The van der Waals surface area contributed by atoms with Crippen LogP contribution in [0.2, 0.25) is 0 Å². The van der Waals surface area contributed by atoms with E-state index in [1.807, 2.05) is 23.1 Å². The van der Waals surface area contributed by atoms with Gasteiger partial charge in [0.05, 0.1) is 0 Å². The second kappa shape index (κ2) is 6.84. The Morgan fingerprint density at radius 2 is 1.94 bits per heavy atom. The highest BCUT2D eigenvalue weighted by Gasteiger charge is 1.96. The summed E-state index contributed by atoms with van der Waals surface area (Å²) in [4.78, 5) is 4.16. The van der Waals surface area contributed by atoms with Gasteiger partial charge in [-0.05, 0) is 31.2 Å². The zero-order chi connectivity index (χ0) is 11.9. The van der Waals surface area contributed by atoms with Gasteiger partial charge >= 0.3 is 0 Å². The lowest BCUT2D eigenvalue weighted by Gasteiger charge is -2.03. The standard InChI is InChI=1S/C14H17NS2/c1-12-7-8-14(17-12)11-15-9-10-16-13-5-3-2-4-6-13/h2-8,15H,9-11H2,1H3. The first-order valence-corrected chi connectivity index (χ1v) is 7.59. The van der Waals surface area contributed by atoms with Crippen LogP contribution in [0.1, 0.15) is 9.75 Å². The molecule has 3 heteroatoms. The molecule has 0 saturated carbocycles. The van der Waals surface area contributed by atoms with Gasteiger partial charge in [-0.2, -0.15) is 0 Å². The van der Waals surface area contributed by atoms with Crippen molar-refractivity contribution in [2.24, 2.45) is 0 Å². The molecule has 0 bridgehead atoms. The predicted octanol–water partition coefficient (Wildman–Crippen LogP) is 3.94. The molecule has 0 saturated heterocycles. The Bertz CT molecular complexity index is 436. The fraction of sp³-hybridized carbons (Fsp3) is 0.286. The minimum Gasteiger partial charge on any atom is -0.311 e. The highest BCUT2D eigenvalue weighted by Crippen LogP contribution is 2.16. The maximum absolute atomic E-state index is 3.47. The van der Waals surface area contributed by atoms with E-state index in [9.17, 15) is 0 Å². The highest BCUT2D eigenvalue weighted by molar-refractivity contribution is 7.99. The minimum absolute atomic E-state index is 0.994. The third-order valence-corrected chi connectivity index (χ3v) is 4.40. The number of thioether (sulfide) groups is 1. The van der Waals surface area contributed by atoms with Crippen LogP contribution in [0, 0.1) is 6.92 Å². The Labute approximate surface area is 111 Å². The van der Waals surface area contributed by atoms with E-state index in [1.165, 1.54) is 14.6 Å². The predicted molar refractivity (Wildman–Crippen MR) is 77.9 cm³/mol. The van der Waals surface area contributed by atoms with Crippen molar-refractivity contribution in [1.82, 2.24) is 5.32 Å². The SMILES string of the molecule is Cc1ccc(CNCCSc2ccccc2)s1. The summed E-state index contributed by atoms with van der Waals surface area (Å²) in [6.45, 7) is 4.20. The molecule has 90 valence electrons. The first-order valence-electron chi connectivity index (χ1n) is 5.78. The highest BCUT2D eigenvalue weighted by atomic mass is 32.2. The van der Waals surface area contributed by atoms with Crippen molar-refractivity contribution in [3.05, 3.63) is 52.2 Å². The van der Waals surface area contributed by atoms with E-state index < -0.39 is 0 Å². The molecule has 17 heavy (non-hydrogen) atoms. The smallest absolute Gasteiger partial charge is 0.0300 e. The molecule has 0 aliphatic carbocycles. The van der Waals surface area contributed by atoms with Gasteiger partial charge in [-0.25, -0.2) is 0 Å². The molecule has 0 atom stereocenters. The van der Waals surface area contributed by atoms with Gasteiger partial charge < -0.3 is 5.32 Å². The molecule has 1 N–H and O–H groups in total. The molecule has 0 amide bonds. The normalized spacial score (nSPS) is 10.6. The van der Waals surface area contributed by atoms with Crippen molar-refractivity contribution >= 4 is 23.1 Å². The summed E-state index contributed by atoms with van der Waals surface area (Å²) in [5.74, 6) is 1.12. The Morgan fingerprint density at radius 1 is 1.12 bits per heavy atom. The van der Waals surface area contributed by atoms with E-state index in [4.69, 9.17) is 0 Å². The second-order valence-electron chi connectivity index (χ2n) is 3.85. The van der Waals surface area contributed by atoms with Gasteiger partial charge in [-0.15, -0.1) is 23.1 Å². The summed E-state index contributed by atoms with van der Waals surface area (Å²) in [6, 6.07) is 14.9. The topological polar surface area (TPSA) is 12.0 Å². The lowest BCUT2D eigenvalue weighted by atomic mass is 10.4. The van der Waals surface area contributed by atoms with Crippen LogP contribution in [-0.2, 0) is 6.54 Å². The number of thiophene rings is 1. The Kier molecular flexibility index (Phi) is 5.10. The Balaban J connectivity index is 1.61. The number of rotatable bonds is 6. The van der Waals surface area contributed by atoms with Crippen LogP contribution in [0.15, 0.2) is 47.4 Å². The van der Waals surface area contributed by atoms with Crippen molar-refractivity contribution in [2.45, 2.75) is 18.4 Å². The monoisotopic (exact) mass is 263 g/mol. The van der Waals surface area contributed by atoms with Crippen molar-refractivity contribution in [3.63, 3.8) is 0 Å². The summed E-state index contributed by atoms with van der Waals surface area (Å²) in [7, 11) is 0. The number of hydrogen-bond acceptors (Lipinski definition) is 3. The number of nitrogens with one attached hydrogen (secondary N) is 1. The molecule has 1 heterocycles. The fourth-order valence-electron chi connectivity index (χ4n) is 1.55. The summed E-state index contributed by atoms with van der Waals surface area (Å²) in [5.41, 5.74) is 0. The van der Waals surface area contributed by atoms with Crippen LogP contribution < -0.4 is 5.32 Å². The molecule has 1 aromatic heterocycles. The van der Waals surface area contributed by atoms with Crippen molar-refractivity contribution < 1.29 is 0 Å². The van der Waals surface area contributed by atoms with Gasteiger partial charge in [0.25, 0.3) is 0 Å². The van der Waals surface area contributed by atoms with E-state index in [1.54, 1.807) is 0 Å². The fourth-order valence-corrected chi connectivity index (χ4v) is 3.24. The molecule has 1 nitrogen and oxygen atoms in total. The lowest BCUT2D eigenvalue weighted by molar-refractivity contribution is 0.741. The molecular formula is C14H17NS2. The van der Waals surface area contributed by atoms with Crippen molar-refractivity contribution in [2.75, 3.05) is 12.3 Å². The van der Waals surface area contributed by atoms with Gasteiger partial charge in [0.15, 0.2) is 0 Å². The first-order chi connectivity index (χ1) is 8.34. The van der Waals surface area contributed by atoms with Crippen LogP contribution in [0.4, 0.5) is 0 Å². The van der Waals surface area contributed by atoms with Crippen molar-refractivity contribution in [1.29, 1.82) is 0 Å². The van der Waals surface area contributed by atoms with Crippen LogP contribution in [0.3, 0.4) is 0 Å². The lowest BCUT2D eigenvalue weighted by Crippen LogP contribution is -2.15. The van der Waals surface area contributed by atoms with Gasteiger partial charge in [0.1, 0.15) is 0 Å². The van der Waals surface area contributed by atoms with Crippen LogP contribution in [-0.4, -0.2) is 12.3 Å². The van der Waals surface area contributed by atoms with Gasteiger partial charge in [-0.1, -0.05) is 18.2 Å². The van der Waals surface area contributed by atoms with Gasteiger partial charge in [0, 0.05) is 33.5 Å². The van der Waals surface area contributed by atoms with Gasteiger partial charge in [-0.3, -0.25) is 0 Å². The summed E-state index contributed by atoms with van der Waals surface area (Å²) < 4.78 is 0. The van der Waals surface area contributed by atoms with Crippen LogP contribution >= 0.6 is 23.1 Å². The molecule has 0 fully saturated rings. The number of aryl methyl sites for hydroxylation is 1. The maximum atomic E-state index is 3.47. The average Bonchev–Trinajstić information content (AvgIpc) is 2.76. The summed E-state index contributed by atoms with van der Waals surface area (Å²) in [5, 5.41) is 3.47. The molecule has 0 aliphatic heterocycles. The zero-order valence-electron chi connectivity index (χ0n) is 9.98. The van der Waals surface area contributed by atoms with Crippen molar-refractivity contribution in [3.8, 4) is 0 Å². The van der Waals surface area contributed by atoms with Crippen LogP contribution in [0.25, 0.3) is 0 Å². The molecule has 0 aliphatic rings. The summed E-state index contributed by atoms with van der Waals surface area (Å²) >= 11 is 3.77. The summed E-state index contributed by atoms with van der Waals surface area (Å²) in [6.07, 6.45) is 0. The minimum atomic E-state index is 0.994. The number of hydrogen-bond donors (Lipinski definition) is 1. The molecule has 0 unspecified atom stereocenters. The maximum Gasteiger partial charge on any atom is 0.0300 e. The van der Waals surface area contributed by atoms with E-state index in [-0.39, 0.29) is 0 Å². The van der Waals surface area contributed by atoms with Crippen LogP contribution in [0.5, 0.6) is 0 Å². The third kappa shape index (κ3) is 4.54. The quantitative estimate of drug-likeness (QED) is 0.626. The molecule has 0 spiro atoms. The molecule has 2 aromatic rings. The largest absolute Gasteiger partial charge is 0.311 e. The average molecular weight is 263 g/mol. The van der Waals surface area contributed by atoms with E-state index in [0.717, 1.165) is 18.8 Å². The molecule has 2 rings (SSSR count).